The number of aryl methyl sites for hydroxylation is 1. The summed E-state index contributed by atoms with van der Waals surface area (Å²) in [6.07, 6.45) is 6.41. The molecule has 0 saturated heterocycles. The molecule has 1 aromatic heterocycles. The van der Waals surface area contributed by atoms with Crippen LogP contribution in [0.5, 0.6) is 0 Å². The predicted octanol–water partition coefficient (Wildman–Crippen LogP) is 1.04. The Morgan fingerprint density at radius 1 is 1.38 bits per heavy atom. The van der Waals surface area contributed by atoms with Gasteiger partial charge in [-0.1, -0.05) is 12.2 Å². The van der Waals surface area contributed by atoms with Gasteiger partial charge in [0, 0.05) is 12.7 Å². The molecular weight excluding hydrogens is 270 g/mol. The van der Waals surface area contributed by atoms with E-state index in [9.17, 15) is 14.7 Å². The summed E-state index contributed by atoms with van der Waals surface area (Å²) in [5, 5.41) is 16.4. The molecule has 0 unspecified atom stereocenters. The Balaban J connectivity index is 1.68. The number of allylic oxidation sites excluding steroid dienone is 2. The Labute approximate surface area is 122 Å². The van der Waals surface area contributed by atoms with Gasteiger partial charge in [0.15, 0.2) is 0 Å². The van der Waals surface area contributed by atoms with Crippen molar-refractivity contribution in [2.75, 3.05) is 0 Å². The maximum absolute atomic E-state index is 12.4. The second kappa shape index (κ2) is 5.35. The van der Waals surface area contributed by atoms with Crippen molar-refractivity contribution in [1.29, 1.82) is 0 Å². The van der Waals surface area contributed by atoms with Gasteiger partial charge in [0.1, 0.15) is 0 Å². The number of aromatic nitrogens is 2. The Morgan fingerprint density at radius 3 is 2.76 bits per heavy atom. The molecule has 2 aliphatic carbocycles. The lowest BCUT2D eigenvalue weighted by atomic mass is 9.82. The minimum absolute atomic E-state index is 0.00409. The van der Waals surface area contributed by atoms with Gasteiger partial charge < -0.3 is 10.4 Å². The lowest BCUT2D eigenvalue weighted by Gasteiger charge is -2.23. The zero-order valence-corrected chi connectivity index (χ0v) is 11.9. The van der Waals surface area contributed by atoms with E-state index in [1.54, 1.807) is 6.20 Å². The van der Waals surface area contributed by atoms with Crippen molar-refractivity contribution in [3.8, 4) is 0 Å². The van der Waals surface area contributed by atoms with Gasteiger partial charge in [-0.3, -0.25) is 14.3 Å². The number of fused-ring (bicyclic) bond motifs is 2. The second-order valence-electron chi connectivity index (χ2n) is 5.69. The third kappa shape index (κ3) is 2.34. The van der Waals surface area contributed by atoms with Gasteiger partial charge in [0.05, 0.1) is 24.1 Å². The van der Waals surface area contributed by atoms with E-state index in [0.717, 1.165) is 18.7 Å². The van der Waals surface area contributed by atoms with E-state index in [1.165, 1.54) is 0 Å². The summed E-state index contributed by atoms with van der Waals surface area (Å²) < 4.78 is 1.82. The molecule has 3 rings (SSSR count). The molecular formula is C15H19N3O3. The Hall–Kier alpha value is -2.11. The number of aliphatic carboxylic acids is 1. The van der Waals surface area contributed by atoms with Gasteiger partial charge in [-0.25, -0.2) is 0 Å². The van der Waals surface area contributed by atoms with E-state index in [-0.39, 0.29) is 17.7 Å². The van der Waals surface area contributed by atoms with Crippen molar-refractivity contribution in [3.05, 3.63) is 30.1 Å². The van der Waals surface area contributed by atoms with E-state index in [4.69, 9.17) is 0 Å². The number of hydrogen-bond donors (Lipinski definition) is 2. The summed E-state index contributed by atoms with van der Waals surface area (Å²) >= 11 is 0. The zero-order chi connectivity index (χ0) is 15.0. The molecule has 0 radical (unpaired) electrons. The van der Waals surface area contributed by atoms with Crippen molar-refractivity contribution in [2.45, 2.75) is 26.4 Å². The Morgan fingerprint density at radius 2 is 2.10 bits per heavy atom. The highest BCUT2D eigenvalue weighted by molar-refractivity contribution is 5.86. The molecule has 1 aromatic rings. The van der Waals surface area contributed by atoms with Crippen LogP contribution >= 0.6 is 0 Å². The van der Waals surface area contributed by atoms with Crippen LogP contribution in [-0.2, 0) is 22.7 Å². The zero-order valence-electron chi connectivity index (χ0n) is 11.9. The van der Waals surface area contributed by atoms with Crippen molar-refractivity contribution in [1.82, 2.24) is 15.1 Å². The molecule has 0 aliphatic heterocycles. The summed E-state index contributed by atoms with van der Waals surface area (Å²) in [6.45, 7) is 3.11. The monoisotopic (exact) mass is 289 g/mol. The Kier molecular flexibility index (Phi) is 3.53. The van der Waals surface area contributed by atoms with Gasteiger partial charge in [0.2, 0.25) is 5.91 Å². The minimum Gasteiger partial charge on any atom is -0.481 e. The molecule has 2 bridgehead atoms. The molecule has 0 aromatic carbocycles. The van der Waals surface area contributed by atoms with Gasteiger partial charge in [-0.2, -0.15) is 5.10 Å². The van der Waals surface area contributed by atoms with Crippen LogP contribution in [-0.4, -0.2) is 26.8 Å². The first-order valence-electron chi connectivity index (χ1n) is 7.31. The van der Waals surface area contributed by atoms with Gasteiger partial charge in [-0.15, -0.1) is 0 Å². The first-order valence-corrected chi connectivity index (χ1v) is 7.31. The summed E-state index contributed by atoms with van der Waals surface area (Å²) in [4.78, 5) is 23.8. The quantitative estimate of drug-likeness (QED) is 0.793. The van der Waals surface area contributed by atoms with Crippen molar-refractivity contribution < 1.29 is 14.7 Å². The molecule has 21 heavy (non-hydrogen) atoms. The van der Waals surface area contributed by atoms with Crippen LogP contribution in [0.25, 0.3) is 0 Å². The molecule has 2 aliphatic rings. The largest absolute Gasteiger partial charge is 0.481 e. The number of nitrogens with one attached hydrogen (secondary N) is 1. The highest BCUT2D eigenvalue weighted by Crippen LogP contribution is 2.48. The van der Waals surface area contributed by atoms with Gasteiger partial charge >= 0.3 is 5.97 Å². The number of carbonyl (C=O) groups is 2. The topological polar surface area (TPSA) is 84.2 Å². The summed E-state index contributed by atoms with van der Waals surface area (Å²) in [6, 6.07) is 1.86. The predicted molar refractivity (Wildman–Crippen MR) is 75.1 cm³/mol. The van der Waals surface area contributed by atoms with E-state index < -0.39 is 17.8 Å². The second-order valence-corrected chi connectivity index (χ2v) is 5.69. The Bertz CT molecular complexity index is 593. The molecule has 0 spiro atoms. The highest BCUT2D eigenvalue weighted by Gasteiger charge is 2.51. The number of carbonyl (C=O) groups excluding carboxylic acids is 1. The number of amides is 1. The molecule has 1 amide bonds. The van der Waals surface area contributed by atoms with Gasteiger partial charge in [-0.05, 0) is 31.2 Å². The van der Waals surface area contributed by atoms with E-state index >= 15 is 0 Å². The first-order chi connectivity index (χ1) is 10.1. The fourth-order valence-electron chi connectivity index (χ4n) is 3.61. The van der Waals surface area contributed by atoms with Crippen LogP contribution in [0.4, 0.5) is 0 Å². The summed E-state index contributed by atoms with van der Waals surface area (Å²) in [7, 11) is 0. The van der Waals surface area contributed by atoms with Crippen LogP contribution in [0, 0.1) is 23.7 Å². The number of carboxylic acids is 1. The van der Waals surface area contributed by atoms with Gasteiger partial charge in [0.25, 0.3) is 0 Å². The maximum atomic E-state index is 12.4. The average Bonchev–Trinajstić information content (AvgIpc) is 3.18. The van der Waals surface area contributed by atoms with E-state index in [2.05, 4.69) is 10.4 Å². The van der Waals surface area contributed by atoms with E-state index in [1.807, 2.05) is 29.8 Å². The van der Waals surface area contributed by atoms with Crippen molar-refractivity contribution in [2.24, 2.45) is 23.7 Å². The highest BCUT2D eigenvalue weighted by atomic mass is 16.4. The fraction of sp³-hybridized carbons (Fsp3) is 0.533. The normalized spacial score (nSPS) is 29.8. The van der Waals surface area contributed by atoms with Crippen LogP contribution < -0.4 is 5.32 Å². The fourth-order valence-corrected chi connectivity index (χ4v) is 3.61. The standard InChI is InChI=1S/C15H19N3O3/c1-2-18-11(5-6-17-18)8-16-14(19)12-9-3-4-10(7-9)13(12)15(20)21/h3-6,9-10,12-13H,2,7-8H2,1H3,(H,16,19)(H,20,21)/t9-,10+,12+,13+/m1/s1. The van der Waals surface area contributed by atoms with Crippen molar-refractivity contribution >= 4 is 11.9 Å². The smallest absolute Gasteiger partial charge is 0.307 e. The molecule has 6 nitrogen and oxygen atoms in total. The third-order valence-electron chi connectivity index (χ3n) is 4.59. The number of hydrogen-bond acceptors (Lipinski definition) is 3. The van der Waals surface area contributed by atoms with Crippen LogP contribution in [0.1, 0.15) is 19.0 Å². The molecule has 1 saturated carbocycles. The lowest BCUT2D eigenvalue weighted by Crippen LogP contribution is -2.40. The molecule has 6 heteroatoms. The van der Waals surface area contributed by atoms with Crippen LogP contribution in [0.3, 0.4) is 0 Å². The van der Waals surface area contributed by atoms with E-state index in [0.29, 0.717) is 6.54 Å². The number of nitrogens with zero attached hydrogens (tertiary/aromatic N) is 2. The molecule has 1 fully saturated rings. The van der Waals surface area contributed by atoms with Crippen LogP contribution in [0.15, 0.2) is 24.4 Å². The molecule has 2 N–H and O–H groups in total. The average molecular weight is 289 g/mol. The maximum Gasteiger partial charge on any atom is 0.307 e. The lowest BCUT2D eigenvalue weighted by molar-refractivity contribution is -0.147. The first kappa shape index (κ1) is 13.9. The summed E-state index contributed by atoms with van der Waals surface area (Å²) in [5.74, 6) is -2.00. The molecule has 1 heterocycles. The van der Waals surface area contributed by atoms with Crippen molar-refractivity contribution in [3.63, 3.8) is 0 Å². The molecule has 4 atom stereocenters. The number of carboxylic acid groups (broad SMARTS) is 1. The SMILES string of the molecule is CCn1nccc1CNC(=O)[C@@H]1[C@@H](C(=O)O)[C@H]2C=C[C@@H]1C2. The molecule has 112 valence electrons. The number of rotatable bonds is 5. The minimum atomic E-state index is -0.870. The third-order valence-corrected chi connectivity index (χ3v) is 4.59. The van der Waals surface area contributed by atoms with Crippen LogP contribution in [0.2, 0.25) is 0 Å². The summed E-state index contributed by atoms with van der Waals surface area (Å²) in [5.41, 5.74) is 0.927.